The summed E-state index contributed by atoms with van der Waals surface area (Å²) in [4.78, 5) is 44.6. The van der Waals surface area contributed by atoms with Gasteiger partial charge in [0.1, 0.15) is 23.9 Å². The Morgan fingerprint density at radius 3 is 2.40 bits per heavy atom. The molecule has 3 atom stereocenters. The van der Waals surface area contributed by atoms with E-state index < -0.39 is 53.3 Å². The second-order valence-corrected chi connectivity index (χ2v) is 11.8. The summed E-state index contributed by atoms with van der Waals surface area (Å²) in [5.41, 5.74) is -1.14. The molecule has 214 valence electrons. The lowest BCUT2D eigenvalue weighted by molar-refractivity contribution is -0.176. The molecule has 2 fully saturated rings. The van der Waals surface area contributed by atoms with E-state index in [1.165, 1.54) is 56.3 Å². The van der Waals surface area contributed by atoms with Gasteiger partial charge in [0.15, 0.2) is 0 Å². The first-order chi connectivity index (χ1) is 18.6. The van der Waals surface area contributed by atoms with Crippen LogP contribution >= 0.6 is 0 Å². The number of nitrogens with one attached hydrogen (secondary N) is 2. The third kappa shape index (κ3) is 5.88. The van der Waals surface area contributed by atoms with E-state index in [0.717, 1.165) is 25.7 Å². The van der Waals surface area contributed by atoms with Gasteiger partial charge in [-0.3, -0.25) is 19.4 Å². The lowest BCUT2D eigenvalue weighted by Crippen LogP contribution is -2.59. The van der Waals surface area contributed by atoms with Gasteiger partial charge in [-0.1, -0.05) is 39.7 Å². The standard InChI is InChI=1S/C28H31F4N5O3/c1-26(2,3)22(36-25(40)28(30,31)32)24(39)37-15-27(8-4-5-9-27)11-21(37)23(38)35-20(12-33)19-14-34-13-16-10-17(29)6-7-18(16)19/h6-7,10,13-14,20-22H,4-5,8-9,11,15H2,1-3H3,(H,35,38)(H,36,40)/t20?,21-,22+/m0/s1. The second kappa shape index (κ2) is 10.7. The summed E-state index contributed by atoms with van der Waals surface area (Å²) in [6.45, 7) is 4.75. The highest BCUT2D eigenvalue weighted by molar-refractivity contribution is 5.94. The summed E-state index contributed by atoms with van der Waals surface area (Å²) in [7, 11) is 0. The fourth-order valence-corrected chi connectivity index (χ4v) is 5.86. The molecule has 1 aromatic heterocycles. The van der Waals surface area contributed by atoms with Crippen LogP contribution < -0.4 is 10.6 Å². The Balaban J connectivity index is 1.64. The molecule has 1 spiro atoms. The highest BCUT2D eigenvalue weighted by Gasteiger charge is 2.53. The summed E-state index contributed by atoms with van der Waals surface area (Å²) in [5.74, 6) is -4.15. The van der Waals surface area contributed by atoms with Crippen LogP contribution in [0.3, 0.4) is 0 Å². The Bertz CT molecular complexity index is 1360. The maximum atomic E-state index is 13.8. The number of alkyl halides is 3. The minimum absolute atomic E-state index is 0.157. The van der Waals surface area contributed by atoms with Crippen molar-refractivity contribution in [1.82, 2.24) is 20.5 Å². The predicted molar refractivity (Wildman–Crippen MR) is 137 cm³/mol. The molecular weight excluding hydrogens is 530 g/mol. The summed E-state index contributed by atoms with van der Waals surface area (Å²) >= 11 is 0. The molecule has 1 aliphatic heterocycles. The number of aromatic nitrogens is 1. The van der Waals surface area contributed by atoms with Crippen LogP contribution in [0.25, 0.3) is 10.8 Å². The zero-order valence-corrected chi connectivity index (χ0v) is 22.4. The van der Waals surface area contributed by atoms with Gasteiger partial charge < -0.3 is 15.5 Å². The van der Waals surface area contributed by atoms with E-state index in [0.29, 0.717) is 16.3 Å². The zero-order chi connectivity index (χ0) is 29.5. The van der Waals surface area contributed by atoms with Crippen LogP contribution in [0.2, 0.25) is 0 Å². The fraction of sp³-hybridized carbons (Fsp3) is 0.536. The topological polar surface area (TPSA) is 115 Å². The number of nitrogens with zero attached hydrogens (tertiary/aromatic N) is 3. The summed E-state index contributed by atoms with van der Waals surface area (Å²) in [6.07, 6.45) is 1.20. The van der Waals surface area contributed by atoms with Gasteiger partial charge in [0, 0.05) is 29.9 Å². The number of rotatable bonds is 5. The fourth-order valence-electron chi connectivity index (χ4n) is 5.86. The molecule has 0 radical (unpaired) electrons. The average Bonchev–Trinajstić information content (AvgIpc) is 3.50. The number of pyridine rings is 1. The molecule has 4 rings (SSSR count). The monoisotopic (exact) mass is 561 g/mol. The Morgan fingerprint density at radius 2 is 1.80 bits per heavy atom. The van der Waals surface area contributed by atoms with Crippen molar-refractivity contribution in [3.8, 4) is 6.07 Å². The number of hydrogen-bond acceptors (Lipinski definition) is 5. The third-order valence-corrected chi connectivity index (χ3v) is 7.88. The number of hydrogen-bond donors (Lipinski definition) is 2. The normalized spacial score (nSPS) is 20.2. The number of carbonyl (C=O) groups is 3. The Morgan fingerprint density at radius 1 is 1.12 bits per heavy atom. The van der Waals surface area contributed by atoms with Crippen molar-refractivity contribution in [3.63, 3.8) is 0 Å². The van der Waals surface area contributed by atoms with Crippen molar-refractivity contribution in [2.75, 3.05) is 6.54 Å². The van der Waals surface area contributed by atoms with E-state index in [1.54, 1.807) is 0 Å². The number of carbonyl (C=O) groups excluding carboxylic acids is 3. The van der Waals surface area contributed by atoms with Crippen molar-refractivity contribution >= 4 is 28.5 Å². The molecule has 12 heteroatoms. The minimum atomic E-state index is -5.19. The van der Waals surface area contributed by atoms with E-state index in [9.17, 15) is 37.2 Å². The van der Waals surface area contributed by atoms with Gasteiger partial charge >= 0.3 is 12.1 Å². The first kappa shape index (κ1) is 29.2. The van der Waals surface area contributed by atoms with Gasteiger partial charge in [0.05, 0.1) is 6.07 Å². The first-order valence-corrected chi connectivity index (χ1v) is 13.1. The molecule has 1 saturated carbocycles. The number of halogens is 4. The SMILES string of the molecule is CC(C)(C)[C@H](NC(=O)C(F)(F)F)C(=O)N1CC2(CCCC2)C[C@H]1C(=O)NC(C#N)c1cncc2cc(F)ccc12. The zero-order valence-electron chi connectivity index (χ0n) is 22.4. The Kier molecular flexibility index (Phi) is 7.80. The summed E-state index contributed by atoms with van der Waals surface area (Å²) < 4.78 is 53.0. The van der Waals surface area contributed by atoms with Gasteiger partial charge in [0.25, 0.3) is 0 Å². The maximum Gasteiger partial charge on any atom is 0.471 e. The van der Waals surface area contributed by atoms with Crippen LogP contribution in [0.4, 0.5) is 17.6 Å². The first-order valence-electron chi connectivity index (χ1n) is 13.1. The van der Waals surface area contributed by atoms with Gasteiger partial charge in [-0.15, -0.1) is 0 Å². The Hall–Kier alpha value is -3.75. The van der Waals surface area contributed by atoms with Crippen LogP contribution in [0.15, 0.2) is 30.6 Å². The molecule has 40 heavy (non-hydrogen) atoms. The Labute approximate surface area is 229 Å². The highest BCUT2D eigenvalue weighted by atomic mass is 19.4. The van der Waals surface area contributed by atoms with Crippen molar-refractivity contribution in [2.24, 2.45) is 10.8 Å². The second-order valence-electron chi connectivity index (χ2n) is 11.8. The molecule has 0 bridgehead atoms. The molecule has 1 unspecified atom stereocenters. The van der Waals surface area contributed by atoms with E-state index in [2.05, 4.69) is 10.3 Å². The van der Waals surface area contributed by atoms with E-state index in [4.69, 9.17) is 0 Å². The van der Waals surface area contributed by atoms with Crippen LogP contribution in [0.1, 0.15) is 64.5 Å². The van der Waals surface area contributed by atoms with Crippen LogP contribution in [0.5, 0.6) is 0 Å². The molecule has 2 aromatic rings. The number of nitriles is 1. The molecular formula is C28H31F4N5O3. The lowest BCUT2D eigenvalue weighted by Gasteiger charge is -2.36. The van der Waals surface area contributed by atoms with Gasteiger partial charge in [0.2, 0.25) is 11.8 Å². The summed E-state index contributed by atoms with van der Waals surface area (Å²) in [6, 6.07) is 2.20. The van der Waals surface area contributed by atoms with Gasteiger partial charge in [-0.25, -0.2) is 4.39 Å². The number of benzene rings is 1. The molecule has 1 saturated heterocycles. The van der Waals surface area contributed by atoms with Crippen molar-refractivity contribution in [1.29, 1.82) is 5.26 Å². The summed E-state index contributed by atoms with van der Waals surface area (Å²) in [5, 5.41) is 15.4. The van der Waals surface area contributed by atoms with E-state index >= 15 is 0 Å². The van der Waals surface area contributed by atoms with Crippen molar-refractivity contribution in [2.45, 2.75) is 77.2 Å². The van der Waals surface area contributed by atoms with Crippen molar-refractivity contribution < 1.29 is 31.9 Å². The molecule has 1 aliphatic carbocycles. The van der Waals surface area contributed by atoms with E-state index in [1.807, 2.05) is 11.4 Å². The number of likely N-dealkylation sites (tertiary alicyclic amines) is 1. The quantitative estimate of drug-likeness (QED) is 0.528. The third-order valence-electron chi connectivity index (χ3n) is 7.88. The smallest absolute Gasteiger partial charge is 0.336 e. The number of amides is 3. The molecule has 1 aromatic carbocycles. The molecule has 2 aliphatic rings. The van der Waals surface area contributed by atoms with Gasteiger partial charge in [-0.2, -0.15) is 18.4 Å². The minimum Gasteiger partial charge on any atom is -0.336 e. The molecule has 2 N–H and O–H groups in total. The van der Waals surface area contributed by atoms with Crippen LogP contribution in [-0.4, -0.2) is 52.4 Å². The largest absolute Gasteiger partial charge is 0.471 e. The van der Waals surface area contributed by atoms with E-state index in [-0.39, 0.29) is 18.4 Å². The van der Waals surface area contributed by atoms with Crippen LogP contribution in [-0.2, 0) is 14.4 Å². The molecule has 8 nitrogen and oxygen atoms in total. The maximum absolute atomic E-state index is 13.8. The van der Waals surface area contributed by atoms with Crippen molar-refractivity contribution in [3.05, 3.63) is 42.0 Å². The number of fused-ring (bicyclic) bond motifs is 1. The lowest BCUT2D eigenvalue weighted by atomic mass is 9.83. The average molecular weight is 562 g/mol. The molecule has 3 amide bonds. The molecule has 2 heterocycles. The van der Waals surface area contributed by atoms with Crippen LogP contribution in [0, 0.1) is 28.0 Å². The predicted octanol–water partition coefficient (Wildman–Crippen LogP) is 4.31. The highest BCUT2D eigenvalue weighted by Crippen LogP contribution is 2.48. The van der Waals surface area contributed by atoms with Gasteiger partial charge in [-0.05, 0) is 47.6 Å².